The van der Waals surface area contributed by atoms with Crippen LogP contribution in [0.15, 0.2) is 0 Å². The fourth-order valence-electron chi connectivity index (χ4n) is 2.51. The molecule has 1 aliphatic heterocycles. The predicted molar refractivity (Wildman–Crippen MR) is 75.6 cm³/mol. The van der Waals surface area contributed by atoms with E-state index in [9.17, 15) is 4.79 Å². The molecule has 1 aromatic heterocycles. The highest BCUT2D eigenvalue weighted by Crippen LogP contribution is 2.20. The van der Waals surface area contributed by atoms with E-state index in [2.05, 4.69) is 22.1 Å². The summed E-state index contributed by atoms with van der Waals surface area (Å²) in [6, 6.07) is 0.432. The quantitative estimate of drug-likeness (QED) is 0.923. The summed E-state index contributed by atoms with van der Waals surface area (Å²) < 4.78 is 0. The maximum atomic E-state index is 12.3. The van der Waals surface area contributed by atoms with E-state index in [-0.39, 0.29) is 5.91 Å². The highest BCUT2D eigenvalue weighted by atomic mass is 35.5. The lowest BCUT2D eigenvalue weighted by Crippen LogP contribution is -2.45. The van der Waals surface area contributed by atoms with Gasteiger partial charge in [0.2, 0.25) is 0 Å². The van der Waals surface area contributed by atoms with Crippen LogP contribution in [0.25, 0.3) is 0 Å². The minimum Gasteiger partial charge on any atom is -0.339 e. The van der Waals surface area contributed by atoms with Crippen molar-refractivity contribution < 1.29 is 4.79 Å². The van der Waals surface area contributed by atoms with Crippen LogP contribution >= 0.6 is 11.6 Å². The zero-order valence-corrected chi connectivity index (χ0v) is 12.5. The molecule has 0 bridgehead atoms. The molecule has 1 aliphatic rings. The molecule has 1 aromatic rings. The van der Waals surface area contributed by atoms with Crippen LogP contribution in [0.5, 0.6) is 0 Å². The molecular formula is C13H21ClN4O. The molecule has 0 spiro atoms. The van der Waals surface area contributed by atoms with E-state index in [1.807, 2.05) is 7.05 Å². The largest absolute Gasteiger partial charge is 0.339 e. The van der Waals surface area contributed by atoms with Crippen LogP contribution in [0.3, 0.4) is 0 Å². The number of nitrogens with zero attached hydrogens (tertiary/aromatic N) is 3. The van der Waals surface area contributed by atoms with Crippen molar-refractivity contribution >= 4 is 17.5 Å². The molecule has 0 saturated carbocycles. The van der Waals surface area contributed by atoms with E-state index < -0.39 is 0 Å². The molecule has 1 atom stereocenters. The van der Waals surface area contributed by atoms with Crippen molar-refractivity contribution in [3.63, 3.8) is 0 Å². The number of likely N-dealkylation sites (N-methyl/N-ethyl adjacent to an activating group) is 2. The third-order valence-corrected chi connectivity index (χ3v) is 4.29. The van der Waals surface area contributed by atoms with Crippen molar-refractivity contribution in [1.29, 1.82) is 0 Å². The number of aryl methyl sites for hydroxylation is 1. The monoisotopic (exact) mass is 284 g/mol. The second-order valence-corrected chi connectivity index (χ2v) is 5.71. The molecule has 1 unspecified atom stereocenters. The highest BCUT2D eigenvalue weighted by molar-refractivity contribution is 6.34. The Balaban J connectivity index is 2.01. The summed E-state index contributed by atoms with van der Waals surface area (Å²) in [5, 5.41) is 7.16. The number of aromatic nitrogens is 2. The second kappa shape index (κ2) is 5.92. The van der Waals surface area contributed by atoms with Crippen LogP contribution in [0.2, 0.25) is 5.02 Å². The Kier molecular flexibility index (Phi) is 4.47. The minimum absolute atomic E-state index is 0.117. The van der Waals surface area contributed by atoms with Gasteiger partial charge in [-0.25, -0.2) is 0 Å². The fraction of sp³-hybridized carbons (Fsp3) is 0.692. The number of nitrogens with one attached hydrogen (secondary N) is 1. The molecule has 1 fully saturated rings. The standard InChI is InChI=1S/C13H21ClN4O/c1-9-11(14)12(16-15-9)13(19)18(3)8-10-6-4-5-7-17(10)2/h10H,4-8H2,1-3H3,(H,15,16). The number of carbonyl (C=O) groups is 1. The van der Waals surface area contributed by atoms with Crippen LogP contribution in [-0.2, 0) is 0 Å². The Bertz CT molecular complexity index is 459. The maximum Gasteiger partial charge on any atom is 0.275 e. The lowest BCUT2D eigenvalue weighted by atomic mass is 10.0. The number of hydrogen-bond donors (Lipinski definition) is 1. The molecular weight excluding hydrogens is 264 g/mol. The van der Waals surface area contributed by atoms with Crippen LogP contribution in [0.4, 0.5) is 0 Å². The maximum absolute atomic E-state index is 12.3. The Hall–Kier alpha value is -1.07. The van der Waals surface area contributed by atoms with Gasteiger partial charge in [0.15, 0.2) is 5.69 Å². The van der Waals surface area contributed by atoms with Gasteiger partial charge in [-0.1, -0.05) is 18.0 Å². The van der Waals surface area contributed by atoms with E-state index in [0.717, 1.165) is 25.2 Å². The van der Waals surface area contributed by atoms with Crippen LogP contribution in [-0.4, -0.2) is 59.1 Å². The molecule has 19 heavy (non-hydrogen) atoms. The van der Waals surface area contributed by atoms with Gasteiger partial charge < -0.3 is 9.80 Å². The summed E-state index contributed by atoms with van der Waals surface area (Å²) in [5.74, 6) is -0.117. The van der Waals surface area contributed by atoms with Crippen LogP contribution in [0.1, 0.15) is 35.4 Å². The van der Waals surface area contributed by atoms with Gasteiger partial charge in [-0.3, -0.25) is 9.89 Å². The zero-order valence-electron chi connectivity index (χ0n) is 11.7. The fourth-order valence-corrected chi connectivity index (χ4v) is 2.68. The van der Waals surface area contributed by atoms with Crippen LogP contribution in [0, 0.1) is 6.92 Å². The first-order valence-corrected chi connectivity index (χ1v) is 7.04. The Morgan fingerprint density at radius 1 is 1.58 bits per heavy atom. The summed E-state index contributed by atoms with van der Waals surface area (Å²) in [5.41, 5.74) is 1.05. The molecule has 2 heterocycles. The zero-order chi connectivity index (χ0) is 14.0. The van der Waals surface area contributed by atoms with Crippen molar-refractivity contribution in [2.45, 2.75) is 32.2 Å². The van der Waals surface area contributed by atoms with Gasteiger partial charge in [-0.15, -0.1) is 0 Å². The number of aromatic amines is 1. The van der Waals surface area contributed by atoms with Crippen molar-refractivity contribution in [3.8, 4) is 0 Å². The average molecular weight is 285 g/mol. The smallest absolute Gasteiger partial charge is 0.275 e. The van der Waals surface area contributed by atoms with Gasteiger partial charge in [0, 0.05) is 19.6 Å². The normalized spacial score (nSPS) is 20.5. The Morgan fingerprint density at radius 2 is 2.32 bits per heavy atom. The first kappa shape index (κ1) is 14.3. The van der Waals surface area contributed by atoms with Crippen molar-refractivity contribution in [2.24, 2.45) is 0 Å². The molecule has 0 aliphatic carbocycles. The molecule has 2 rings (SSSR count). The number of likely N-dealkylation sites (tertiary alicyclic amines) is 1. The summed E-state index contributed by atoms with van der Waals surface area (Å²) in [4.78, 5) is 16.3. The van der Waals surface area contributed by atoms with Crippen LogP contribution < -0.4 is 0 Å². The molecule has 5 nitrogen and oxygen atoms in total. The number of piperidine rings is 1. The first-order valence-electron chi connectivity index (χ1n) is 6.67. The first-order chi connectivity index (χ1) is 9.00. The topological polar surface area (TPSA) is 52.2 Å². The minimum atomic E-state index is -0.117. The average Bonchev–Trinajstić information content (AvgIpc) is 2.72. The molecule has 6 heteroatoms. The van der Waals surface area contributed by atoms with Gasteiger partial charge >= 0.3 is 0 Å². The summed E-state index contributed by atoms with van der Waals surface area (Å²) in [7, 11) is 3.93. The Labute approximate surface area is 118 Å². The molecule has 1 N–H and O–H groups in total. The van der Waals surface area contributed by atoms with E-state index in [0.29, 0.717) is 16.8 Å². The molecule has 0 radical (unpaired) electrons. The number of hydrogen-bond acceptors (Lipinski definition) is 3. The summed E-state index contributed by atoms with van der Waals surface area (Å²) >= 11 is 6.07. The second-order valence-electron chi connectivity index (χ2n) is 5.33. The number of rotatable bonds is 3. The number of amides is 1. The highest BCUT2D eigenvalue weighted by Gasteiger charge is 2.25. The summed E-state index contributed by atoms with van der Waals surface area (Å²) in [6.07, 6.45) is 3.62. The third kappa shape index (κ3) is 3.09. The molecule has 1 saturated heterocycles. The molecule has 1 amide bonds. The van der Waals surface area contributed by atoms with Gasteiger partial charge in [0.05, 0.1) is 10.7 Å². The predicted octanol–water partition coefficient (Wildman–Crippen LogP) is 1.93. The van der Waals surface area contributed by atoms with Gasteiger partial charge in [-0.2, -0.15) is 5.10 Å². The Morgan fingerprint density at radius 3 is 2.89 bits per heavy atom. The summed E-state index contributed by atoms with van der Waals surface area (Å²) in [6.45, 7) is 3.63. The van der Waals surface area contributed by atoms with Gasteiger partial charge in [-0.05, 0) is 33.4 Å². The lowest BCUT2D eigenvalue weighted by molar-refractivity contribution is 0.0711. The third-order valence-electron chi connectivity index (χ3n) is 3.83. The van der Waals surface area contributed by atoms with Gasteiger partial charge in [0.25, 0.3) is 5.91 Å². The lowest BCUT2D eigenvalue weighted by Gasteiger charge is -2.35. The van der Waals surface area contributed by atoms with Crippen molar-refractivity contribution in [2.75, 3.05) is 27.2 Å². The van der Waals surface area contributed by atoms with E-state index in [4.69, 9.17) is 11.6 Å². The molecule has 0 aromatic carbocycles. The number of carbonyl (C=O) groups excluding carboxylic acids is 1. The van der Waals surface area contributed by atoms with E-state index in [1.54, 1.807) is 11.8 Å². The SMILES string of the molecule is Cc1[nH]nc(C(=O)N(C)CC2CCCCN2C)c1Cl. The van der Waals surface area contributed by atoms with E-state index >= 15 is 0 Å². The number of halogens is 1. The molecule has 106 valence electrons. The number of H-pyrrole nitrogens is 1. The van der Waals surface area contributed by atoms with Gasteiger partial charge in [0.1, 0.15) is 0 Å². The van der Waals surface area contributed by atoms with E-state index in [1.165, 1.54) is 12.8 Å². The van der Waals surface area contributed by atoms with Crippen molar-refractivity contribution in [3.05, 3.63) is 16.4 Å². The van der Waals surface area contributed by atoms with Crippen molar-refractivity contribution in [1.82, 2.24) is 20.0 Å².